The molecule has 2 rings (SSSR count). The monoisotopic (exact) mass is 314 g/mol. The quantitative estimate of drug-likeness (QED) is 0.819. The molecule has 1 aromatic carbocycles. The van der Waals surface area contributed by atoms with Gasteiger partial charge in [0, 0.05) is 5.92 Å². The number of aryl methyl sites for hydroxylation is 1. The Labute approximate surface area is 139 Å². The number of nitrogens with one attached hydrogen (secondary N) is 1. The van der Waals surface area contributed by atoms with E-state index in [4.69, 9.17) is 11.2 Å². The molecule has 0 radical (unpaired) electrons. The molecule has 124 valence electrons. The lowest BCUT2D eigenvalue weighted by Crippen LogP contribution is -2.42. The number of amides is 1. The molecule has 0 bridgehead atoms. The van der Waals surface area contributed by atoms with E-state index in [1.54, 1.807) is 0 Å². The van der Waals surface area contributed by atoms with Gasteiger partial charge < -0.3 is 10.1 Å². The van der Waals surface area contributed by atoms with Crippen molar-refractivity contribution in [1.82, 2.24) is 10.2 Å². The molecule has 0 aromatic heterocycles. The second-order valence-corrected chi connectivity index (χ2v) is 6.19. The Morgan fingerprint density at radius 1 is 1.43 bits per heavy atom. The number of piperidine rings is 1. The molecular formula is C19H26N2O2. The van der Waals surface area contributed by atoms with Crippen LogP contribution < -0.4 is 10.1 Å². The fourth-order valence-corrected chi connectivity index (χ4v) is 2.82. The zero-order valence-corrected chi connectivity index (χ0v) is 14.0. The van der Waals surface area contributed by atoms with E-state index in [2.05, 4.69) is 16.1 Å². The minimum Gasteiger partial charge on any atom is -0.489 e. The first kappa shape index (κ1) is 17.4. The van der Waals surface area contributed by atoms with E-state index in [1.165, 1.54) is 0 Å². The van der Waals surface area contributed by atoms with E-state index in [0.29, 0.717) is 13.1 Å². The van der Waals surface area contributed by atoms with Gasteiger partial charge in [0.25, 0.3) is 0 Å². The minimum atomic E-state index is -0.0541. The lowest BCUT2D eigenvalue weighted by molar-refractivity contribution is -0.126. The second-order valence-electron chi connectivity index (χ2n) is 6.19. The highest BCUT2D eigenvalue weighted by molar-refractivity contribution is 5.78. The summed E-state index contributed by atoms with van der Waals surface area (Å²) in [5.74, 6) is 3.75. The number of carbonyl (C=O) groups excluding carboxylic acids is 1. The van der Waals surface area contributed by atoms with Gasteiger partial charge in [-0.3, -0.25) is 9.69 Å². The number of para-hydroxylation sites is 1. The van der Waals surface area contributed by atoms with Crippen LogP contribution >= 0.6 is 0 Å². The maximum atomic E-state index is 12.3. The molecule has 1 saturated heterocycles. The first-order valence-corrected chi connectivity index (χ1v) is 8.26. The summed E-state index contributed by atoms with van der Waals surface area (Å²) in [6, 6.07) is 7.91. The Kier molecular flexibility index (Phi) is 6.49. The highest BCUT2D eigenvalue weighted by Crippen LogP contribution is 2.18. The molecule has 1 fully saturated rings. The van der Waals surface area contributed by atoms with E-state index in [0.717, 1.165) is 37.2 Å². The zero-order chi connectivity index (χ0) is 16.7. The van der Waals surface area contributed by atoms with Gasteiger partial charge in [0.05, 0.1) is 13.1 Å². The topological polar surface area (TPSA) is 41.6 Å². The normalized spacial score (nSPS) is 17.3. The molecule has 4 heteroatoms. The Balaban J connectivity index is 1.72. The van der Waals surface area contributed by atoms with Crippen molar-refractivity contribution in [3.63, 3.8) is 0 Å². The average Bonchev–Trinajstić information content (AvgIpc) is 2.56. The lowest BCUT2D eigenvalue weighted by atomic mass is 9.96. The number of hydrogen-bond acceptors (Lipinski definition) is 3. The number of benzene rings is 1. The highest BCUT2D eigenvalue weighted by Gasteiger charge is 2.24. The Morgan fingerprint density at radius 3 is 2.78 bits per heavy atom. The van der Waals surface area contributed by atoms with Crippen molar-refractivity contribution in [3.8, 4) is 18.1 Å². The van der Waals surface area contributed by atoms with Crippen LogP contribution in [0.2, 0.25) is 0 Å². The predicted molar refractivity (Wildman–Crippen MR) is 92.3 cm³/mol. The maximum Gasteiger partial charge on any atom is 0.223 e. The van der Waals surface area contributed by atoms with Gasteiger partial charge in [-0.25, -0.2) is 0 Å². The molecule has 1 atom stereocenters. The molecule has 1 aromatic rings. The van der Waals surface area contributed by atoms with Gasteiger partial charge in [-0.2, -0.15) is 0 Å². The first-order chi connectivity index (χ1) is 11.1. The highest BCUT2D eigenvalue weighted by atomic mass is 16.5. The largest absolute Gasteiger partial charge is 0.489 e. The van der Waals surface area contributed by atoms with Gasteiger partial charge in [0.2, 0.25) is 5.91 Å². The van der Waals surface area contributed by atoms with E-state index >= 15 is 0 Å². The van der Waals surface area contributed by atoms with E-state index in [9.17, 15) is 4.79 Å². The van der Waals surface area contributed by atoms with Crippen LogP contribution in [0, 0.1) is 25.2 Å². The van der Waals surface area contributed by atoms with Crippen LogP contribution in [0.15, 0.2) is 24.3 Å². The number of ether oxygens (including phenoxy) is 1. The third-order valence-corrected chi connectivity index (χ3v) is 4.26. The van der Waals surface area contributed by atoms with E-state index in [-0.39, 0.29) is 17.9 Å². The smallest absolute Gasteiger partial charge is 0.223 e. The first-order valence-electron chi connectivity index (χ1n) is 8.26. The van der Waals surface area contributed by atoms with Gasteiger partial charge in [0.15, 0.2) is 0 Å². The van der Waals surface area contributed by atoms with Crippen molar-refractivity contribution >= 4 is 5.91 Å². The van der Waals surface area contributed by atoms with Crippen LogP contribution in [0.1, 0.15) is 25.3 Å². The van der Waals surface area contributed by atoms with Crippen molar-refractivity contribution in [1.29, 1.82) is 0 Å². The zero-order valence-electron chi connectivity index (χ0n) is 14.0. The van der Waals surface area contributed by atoms with Crippen molar-refractivity contribution < 1.29 is 9.53 Å². The fourth-order valence-electron chi connectivity index (χ4n) is 2.82. The van der Waals surface area contributed by atoms with Gasteiger partial charge in [-0.15, -0.1) is 6.42 Å². The number of terminal acetylenes is 1. The number of likely N-dealkylation sites (tertiary alicyclic amines) is 1. The average molecular weight is 314 g/mol. The summed E-state index contributed by atoms with van der Waals surface area (Å²) in [6.07, 6.45) is 7.02. The molecule has 4 nitrogen and oxygen atoms in total. The predicted octanol–water partition coefficient (Wildman–Crippen LogP) is 2.22. The molecular weight excluding hydrogens is 288 g/mol. The molecule has 0 spiro atoms. The summed E-state index contributed by atoms with van der Waals surface area (Å²) in [7, 11) is 0. The molecule has 0 unspecified atom stereocenters. The number of carbonyl (C=O) groups is 1. The number of rotatable bonds is 6. The summed E-state index contributed by atoms with van der Waals surface area (Å²) >= 11 is 0. The number of nitrogens with zero attached hydrogens (tertiary/aromatic N) is 1. The molecule has 1 N–H and O–H groups in total. The molecule has 1 aliphatic rings. The van der Waals surface area contributed by atoms with Gasteiger partial charge in [-0.05, 0) is 51.4 Å². The molecule has 1 heterocycles. The molecule has 0 aliphatic carbocycles. The second kappa shape index (κ2) is 8.59. The Hall–Kier alpha value is -1.99. The fraction of sp³-hybridized carbons (Fsp3) is 0.526. The third-order valence-electron chi connectivity index (χ3n) is 4.26. The van der Waals surface area contributed by atoms with Crippen molar-refractivity contribution in [2.45, 2.75) is 32.8 Å². The van der Waals surface area contributed by atoms with Crippen LogP contribution in [0.5, 0.6) is 5.75 Å². The van der Waals surface area contributed by atoms with Crippen LogP contribution in [0.3, 0.4) is 0 Å². The Bertz CT molecular complexity index is 557. The van der Waals surface area contributed by atoms with Crippen LogP contribution in [0.4, 0.5) is 0 Å². The van der Waals surface area contributed by atoms with E-state index in [1.807, 2.05) is 38.1 Å². The minimum absolute atomic E-state index is 0.0541. The maximum absolute atomic E-state index is 12.3. The van der Waals surface area contributed by atoms with Gasteiger partial charge >= 0.3 is 0 Å². The van der Waals surface area contributed by atoms with Crippen LogP contribution in [0.25, 0.3) is 0 Å². The molecule has 0 saturated carbocycles. The van der Waals surface area contributed by atoms with Crippen molar-refractivity contribution in [2.75, 3.05) is 26.2 Å². The third kappa shape index (κ3) is 5.30. The summed E-state index contributed by atoms with van der Waals surface area (Å²) < 4.78 is 5.89. The van der Waals surface area contributed by atoms with Crippen molar-refractivity contribution in [2.24, 2.45) is 5.92 Å². The summed E-state index contributed by atoms with van der Waals surface area (Å²) in [5, 5.41) is 3.02. The van der Waals surface area contributed by atoms with Gasteiger partial charge in [-0.1, -0.05) is 24.1 Å². The SMILES string of the molecule is C#CCN1CCC(C(=O)NC[C@H](C)Oc2ccccc2C)CC1. The summed E-state index contributed by atoms with van der Waals surface area (Å²) in [6.45, 7) is 7.00. The van der Waals surface area contributed by atoms with Gasteiger partial charge in [0.1, 0.15) is 11.9 Å². The number of hydrogen-bond donors (Lipinski definition) is 1. The molecule has 1 amide bonds. The summed E-state index contributed by atoms with van der Waals surface area (Å²) in [4.78, 5) is 14.5. The van der Waals surface area contributed by atoms with Crippen molar-refractivity contribution in [3.05, 3.63) is 29.8 Å². The standard InChI is InChI=1S/C19H26N2O2/c1-4-11-21-12-9-17(10-13-21)19(22)20-14-16(3)23-18-8-6-5-7-15(18)2/h1,5-8,16-17H,9-14H2,2-3H3,(H,20,22)/t16-/m0/s1. The van der Waals surface area contributed by atoms with Crippen LogP contribution in [-0.4, -0.2) is 43.1 Å². The lowest BCUT2D eigenvalue weighted by Gasteiger charge is -2.30. The van der Waals surface area contributed by atoms with E-state index < -0.39 is 0 Å². The molecule has 23 heavy (non-hydrogen) atoms. The molecule has 1 aliphatic heterocycles. The summed E-state index contributed by atoms with van der Waals surface area (Å²) in [5.41, 5.74) is 1.10. The Morgan fingerprint density at radius 2 is 2.13 bits per heavy atom. The van der Waals surface area contributed by atoms with Crippen LogP contribution in [-0.2, 0) is 4.79 Å².